The Balaban J connectivity index is 2.17. The monoisotopic (exact) mass is 342 g/mol. The molecule has 19 heavy (non-hydrogen) atoms. The molecule has 7 heteroatoms. The predicted molar refractivity (Wildman–Crippen MR) is 72.5 cm³/mol. The van der Waals surface area contributed by atoms with Gasteiger partial charge in [0.1, 0.15) is 24.2 Å². The van der Waals surface area contributed by atoms with E-state index >= 15 is 0 Å². The lowest BCUT2D eigenvalue weighted by Gasteiger charge is -2.09. The van der Waals surface area contributed by atoms with Gasteiger partial charge in [-0.15, -0.1) is 0 Å². The summed E-state index contributed by atoms with van der Waals surface area (Å²) in [4.78, 5) is 18.6. The fraction of sp³-hybridized carbons (Fsp3) is 0.0833. The van der Waals surface area contributed by atoms with Crippen LogP contribution in [0.5, 0.6) is 5.75 Å². The Morgan fingerprint density at radius 2 is 2.26 bits per heavy atom. The van der Waals surface area contributed by atoms with Crippen LogP contribution in [-0.4, -0.2) is 21.0 Å². The molecule has 0 fully saturated rings. The zero-order valence-corrected chi connectivity index (χ0v) is 11.8. The number of aromatic carboxylic acids is 1. The summed E-state index contributed by atoms with van der Waals surface area (Å²) in [5.41, 5.74) is 0.330. The van der Waals surface area contributed by atoms with E-state index in [1.54, 1.807) is 18.2 Å². The largest absolute Gasteiger partial charge is 0.486 e. The van der Waals surface area contributed by atoms with E-state index in [9.17, 15) is 4.79 Å². The Morgan fingerprint density at radius 3 is 2.95 bits per heavy atom. The van der Waals surface area contributed by atoms with Crippen LogP contribution in [0.2, 0.25) is 5.02 Å². The highest BCUT2D eigenvalue weighted by Crippen LogP contribution is 2.28. The molecule has 0 aliphatic rings. The van der Waals surface area contributed by atoms with Crippen molar-refractivity contribution in [2.24, 2.45) is 0 Å². The van der Waals surface area contributed by atoms with E-state index in [1.165, 1.54) is 12.5 Å². The first-order valence-corrected chi connectivity index (χ1v) is 6.35. The van der Waals surface area contributed by atoms with E-state index in [0.29, 0.717) is 20.9 Å². The number of carboxylic acids is 1. The van der Waals surface area contributed by atoms with Gasteiger partial charge in [0.25, 0.3) is 0 Å². The molecule has 1 aromatic carbocycles. The van der Waals surface area contributed by atoms with Crippen molar-refractivity contribution < 1.29 is 14.6 Å². The van der Waals surface area contributed by atoms with Crippen LogP contribution < -0.4 is 4.74 Å². The topological polar surface area (TPSA) is 72.3 Å². The van der Waals surface area contributed by atoms with E-state index in [-0.39, 0.29) is 12.2 Å². The lowest BCUT2D eigenvalue weighted by atomic mass is 10.2. The van der Waals surface area contributed by atoms with Crippen molar-refractivity contribution in [3.63, 3.8) is 0 Å². The Hall–Kier alpha value is -1.66. The number of halogens is 2. The van der Waals surface area contributed by atoms with Crippen LogP contribution in [0.1, 0.15) is 16.1 Å². The van der Waals surface area contributed by atoms with Crippen molar-refractivity contribution in [1.29, 1.82) is 0 Å². The summed E-state index contributed by atoms with van der Waals surface area (Å²) in [7, 11) is 0. The van der Waals surface area contributed by atoms with Crippen LogP contribution in [0.4, 0.5) is 0 Å². The number of ether oxygens (including phenoxy) is 1. The summed E-state index contributed by atoms with van der Waals surface area (Å²) < 4.78 is 6.20. The van der Waals surface area contributed by atoms with Gasteiger partial charge in [-0.05, 0) is 34.1 Å². The molecule has 0 aliphatic carbocycles. The zero-order valence-electron chi connectivity index (χ0n) is 9.51. The van der Waals surface area contributed by atoms with Crippen LogP contribution in [0.25, 0.3) is 0 Å². The fourth-order valence-corrected chi connectivity index (χ4v) is 2.18. The Morgan fingerprint density at radius 1 is 1.47 bits per heavy atom. The number of aromatic nitrogens is 2. The van der Waals surface area contributed by atoms with Gasteiger partial charge in [0.15, 0.2) is 0 Å². The highest BCUT2D eigenvalue weighted by Gasteiger charge is 2.12. The van der Waals surface area contributed by atoms with Crippen molar-refractivity contribution in [2.45, 2.75) is 6.61 Å². The molecule has 0 saturated carbocycles. The van der Waals surface area contributed by atoms with Gasteiger partial charge in [0.05, 0.1) is 10.2 Å². The SMILES string of the molecule is O=C(O)c1cncnc1COc1ccc(Cl)cc1Br. The molecule has 0 saturated heterocycles. The molecule has 2 rings (SSSR count). The first kappa shape index (κ1) is 13.8. The molecule has 0 bridgehead atoms. The third-order valence-electron chi connectivity index (χ3n) is 2.28. The maximum atomic E-state index is 11.0. The number of hydrogen-bond acceptors (Lipinski definition) is 4. The highest BCUT2D eigenvalue weighted by atomic mass is 79.9. The summed E-state index contributed by atoms with van der Waals surface area (Å²) in [6, 6.07) is 5.06. The molecule has 1 N–H and O–H groups in total. The van der Waals surface area contributed by atoms with Crippen molar-refractivity contribution in [3.05, 3.63) is 51.5 Å². The second-order valence-electron chi connectivity index (χ2n) is 3.55. The van der Waals surface area contributed by atoms with Crippen molar-refractivity contribution in [3.8, 4) is 5.75 Å². The van der Waals surface area contributed by atoms with E-state index in [0.717, 1.165) is 0 Å². The third-order valence-corrected chi connectivity index (χ3v) is 3.14. The molecular weight excluding hydrogens is 336 g/mol. The summed E-state index contributed by atoms with van der Waals surface area (Å²) >= 11 is 9.13. The summed E-state index contributed by atoms with van der Waals surface area (Å²) in [5.74, 6) is -0.534. The maximum Gasteiger partial charge on any atom is 0.339 e. The fourth-order valence-electron chi connectivity index (χ4n) is 1.39. The normalized spacial score (nSPS) is 10.2. The standard InChI is InChI=1S/C12H8BrClN2O3/c13-9-3-7(14)1-2-11(9)19-5-10-8(12(17)18)4-15-6-16-10/h1-4,6H,5H2,(H,17,18). The first-order chi connectivity index (χ1) is 9.08. The average Bonchev–Trinajstić information content (AvgIpc) is 2.38. The van der Waals surface area contributed by atoms with Gasteiger partial charge in [-0.1, -0.05) is 11.6 Å². The molecule has 98 valence electrons. The zero-order chi connectivity index (χ0) is 13.8. The predicted octanol–water partition coefficient (Wildman–Crippen LogP) is 3.17. The van der Waals surface area contributed by atoms with E-state index in [4.69, 9.17) is 21.4 Å². The smallest absolute Gasteiger partial charge is 0.339 e. The van der Waals surface area contributed by atoms with Gasteiger partial charge in [-0.2, -0.15) is 0 Å². The Kier molecular flexibility index (Phi) is 4.34. The second kappa shape index (κ2) is 5.99. The quantitative estimate of drug-likeness (QED) is 0.923. The molecule has 0 atom stereocenters. The molecule has 0 radical (unpaired) electrons. The van der Waals surface area contributed by atoms with Gasteiger partial charge in [-0.3, -0.25) is 0 Å². The Bertz CT molecular complexity index is 622. The van der Waals surface area contributed by atoms with Crippen LogP contribution in [0.3, 0.4) is 0 Å². The van der Waals surface area contributed by atoms with Crippen LogP contribution in [-0.2, 0) is 6.61 Å². The number of hydrogen-bond donors (Lipinski definition) is 1. The van der Waals surface area contributed by atoms with Crippen LogP contribution in [0.15, 0.2) is 35.2 Å². The lowest BCUT2D eigenvalue weighted by Crippen LogP contribution is -2.08. The van der Waals surface area contributed by atoms with E-state index in [1.807, 2.05) is 0 Å². The summed E-state index contributed by atoms with van der Waals surface area (Å²) in [5, 5.41) is 9.57. The molecule has 1 heterocycles. The third kappa shape index (κ3) is 3.42. The highest BCUT2D eigenvalue weighted by molar-refractivity contribution is 9.10. The van der Waals surface area contributed by atoms with Gasteiger partial charge in [-0.25, -0.2) is 14.8 Å². The minimum atomic E-state index is -1.09. The van der Waals surface area contributed by atoms with E-state index < -0.39 is 5.97 Å². The number of carbonyl (C=O) groups is 1. The second-order valence-corrected chi connectivity index (χ2v) is 4.84. The molecule has 0 spiro atoms. The van der Waals surface area contributed by atoms with Crippen LogP contribution >= 0.6 is 27.5 Å². The minimum absolute atomic E-state index is 0.0209. The summed E-state index contributed by atoms with van der Waals surface area (Å²) in [6.07, 6.45) is 2.52. The molecule has 0 unspecified atom stereocenters. The van der Waals surface area contributed by atoms with Crippen molar-refractivity contribution in [2.75, 3.05) is 0 Å². The molecule has 0 amide bonds. The van der Waals surface area contributed by atoms with Crippen LogP contribution in [0, 0.1) is 0 Å². The number of nitrogens with zero attached hydrogens (tertiary/aromatic N) is 2. The molecule has 1 aromatic heterocycles. The molecule has 5 nitrogen and oxygen atoms in total. The molecule has 2 aromatic rings. The van der Waals surface area contributed by atoms with Gasteiger partial charge >= 0.3 is 5.97 Å². The first-order valence-electron chi connectivity index (χ1n) is 5.18. The molecule has 0 aliphatic heterocycles. The number of carboxylic acid groups (broad SMARTS) is 1. The summed E-state index contributed by atoms with van der Waals surface area (Å²) in [6.45, 7) is 0.0321. The van der Waals surface area contributed by atoms with Gasteiger partial charge in [0, 0.05) is 11.2 Å². The molecular formula is C12H8BrClN2O3. The van der Waals surface area contributed by atoms with Crippen molar-refractivity contribution >= 4 is 33.5 Å². The lowest BCUT2D eigenvalue weighted by molar-refractivity contribution is 0.0692. The number of benzene rings is 1. The van der Waals surface area contributed by atoms with Crippen molar-refractivity contribution in [1.82, 2.24) is 9.97 Å². The van der Waals surface area contributed by atoms with E-state index in [2.05, 4.69) is 25.9 Å². The Labute approximate surface area is 122 Å². The maximum absolute atomic E-state index is 11.0. The number of rotatable bonds is 4. The average molecular weight is 344 g/mol. The van der Waals surface area contributed by atoms with Gasteiger partial charge < -0.3 is 9.84 Å². The minimum Gasteiger partial charge on any atom is -0.486 e. The van der Waals surface area contributed by atoms with Gasteiger partial charge in [0.2, 0.25) is 0 Å².